The van der Waals surface area contributed by atoms with Crippen LogP contribution < -0.4 is 9.46 Å². The van der Waals surface area contributed by atoms with E-state index in [2.05, 4.69) is 6.07 Å². The van der Waals surface area contributed by atoms with Crippen LogP contribution in [0.2, 0.25) is 0 Å². The predicted octanol–water partition coefficient (Wildman–Crippen LogP) is 3.29. The first-order chi connectivity index (χ1) is 12.8. The van der Waals surface area contributed by atoms with E-state index in [4.69, 9.17) is 4.74 Å². The van der Waals surface area contributed by atoms with Crippen LogP contribution >= 0.6 is 0 Å². The molecule has 140 valence electrons. The van der Waals surface area contributed by atoms with E-state index in [1.807, 2.05) is 46.7 Å². The second kappa shape index (κ2) is 7.28. The monoisotopic (exact) mass is 384 g/mol. The van der Waals surface area contributed by atoms with E-state index in [1.54, 1.807) is 19.2 Å². The Morgan fingerprint density at radius 3 is 2.22 bits per heavy atom. The van der Waals surface area contributed by atoms with Gasteiger partial charge in [-0.2, -0.15) is 0 Å². The van der Waals surface area contributed by atoms with Crippen LogP contribution in [0.3, 0.4) is 0 Å². The van der Waals surface area contributed by atoms with Crippen molar-refractivity contribution in [2.24, 2.45) is 0 Å². The molecule has 0 aliphatic heterocycles. The Morgan fingerprint density at radius 2 is 1.67 bits per heavy atom. The molecule has 27 heavy (non-hydrogen) atoms. The molecule has 2 aromatic carbocycles. The predicted molar refractivity (Wildman–Crippen MR) is 103 cm³/mol. The van der Waals surface area contributed by atoms with Gasteiger partial charge in [0.1, 0.15) is 5.75 Å². The topological polar surface area (TPSA) is 77.4 Å². The highest BCUT2D eigenvalue weighted by Crippen LogP contribution is 2.28. The highest BCUT2D eigenvalue weighted by molar-refractivity contribution is 7.90. The summed E-state index contributed by atoms with van der Waals surface area (Å²) in [6.45, 7) is 3.16. The summed E-state index contributed by atoms with van der Waals surface area (Å²) in [5, 5.41) is 0. The normalized spacial score (nSPS) is 11.2. The molecule has 0 spiro atoms. The van der Waals surface area contributed by atoms with Crippen LogP contribution in [-0.4, -0.2) is 26.0 Å². The number of hydrogen-bond acceptors (Lipinski definition) is 4. The zero-order valence-corrected chi connectivity index (χ0v) is 16.1. The second-order valence-electron chi connectivity index (χ2n) is 6.16. The number of aromatic nitrogens is 1. The molecule has 3 rings (SSSR count). The lowest BCUT2D eigenvalue weighted by Gasteiger charge is -2.11. The molecule has 1 aromatic heterocycles. The van der Waals surface area contributed by atoms with Gasteiger partial charge in [-0.1, -0.05) is 0 Å². The lowest BCUT2D eigenvalue weighted by Crippen LogP contribution is -2.28. The summed E-state index contributed by atoms with van der Waals surface area (Å²) in [5.41, 5.74) is 3.89. The van der Waals surface area contributed by atoms with Crippen LogP contribution in [0.5, 0.6) is 5.75 Å². The first-order valence-corrected chi connectivity index (χ1v) is 9.76. The lowest BCUT2D eigenvalue weighted by atomic mass is 10.1. The zero-order valence-electron chi connectivity index (χ0n) is 15.3. The summed E-state index contributed by atoms with van der Waals surface area (Å²) < 4.78 is 33.3. The van der Waals surface area contributed by atoms with E-state index in [0.717, 1.165) is 35.2 Å². The molecule has 1 N–H and O–H groups in total. The van der Waals surface area contributed by atoms with E-state index >= 15 is 0 Å². The smallest absolute Gasteiger partial charge is 0.264 e. The second-order valence-corrected chi connectivity index (χ2v) is 7.84. The number of methoxy groups -OCH3 is 1. The Kier molecular flexibility index (Phi) is 5.05. The van der Waals surface area contributed by atoms with Gasteiger partial charge < -0.3 is 9.30 Å². The van der Waals surface area contributed by atoms with Crippen molar-refractivity contribution in [3.8, 4) is 22.7 Å². The summed E-state index contributed by atoms with van der Waals surface area (Å²) in [4.78, 5) is 11.1. The van der Waals surface area contributed by atoms with Gasteiger partial charge in [0.25, 0.3) is 10.0 Å². The van der Waals surface area contributed by atoms with E-state index in [9.17, 15) is 13.2 Å². The van der Waals surface area contributed by atoms with Crippen molar-refractivity contribution in [1.82, 2.24) is 9.29 Å². The summed E-state index contributed by atoms with van der Waals surface area (Å²) in [7, 11) is -2.22. The minimum absolute atomic E-state index is 0.0383. The lowest BCUT2D eigenvalue weighted by molar-refractivity contribution is -0.117. The van der Waals surface area contributed by atoms with Crippen molar-refractivity contribution in [2.45, 2.75) is 18.7 Å². The average Bonchev–Trinajstić information content (AvgIpc) is 3.02. The largest absolute Gasteiger partial charge is 0.497 e. The molecule has 1 amide bonds. The summed E-state index contributed by atoms with van der Waals surface area (Å²) in [6.07, 6.45) is 1.98. The maximum Gasteiger partial charge on any atom is 0.264 e. The van der Waals surface area contributed by atoms with E-state index in [-0.39, 0.29) is 4.90 Å². The van der Waals surface area contributed by atoms with Gasteiger partial charge in [-0.3, -0.25) is 4.79 Å². The van der Waals surface area contributed by atoms with Crippen molar-refractivity contribution in [3.05, 3.63) is 66.4 Å². The first-order valence-electron chi connectivity index (χ1n) is 8.27. The van der Waals surface area contributed by atoms with Gasteiger partial charge in [0.15, 0.2) is 0 Å². The Hall–Kier alpha value is -3.06. The fraction of sp³-hybridized carbons (Fsp3) is 0.150. The Morgan fingerprint density at radius 1 is 1.04 bits per heavy atom. The molecule has 0 radical (unpaired) electrons. The minimum Gasteiger partial charge on any atom is -0.497 e. The van der Waals surface area contributed by atoms with E-state index < -0.39 is 15.9 Å². The number of sulfonamides is 1. The van der Waals surface area contributed by atoms with Gasteiger partial charge in [-0.25, -0.2) is 13.1 Å². The van der Waals surface area contributed by atoms with Gasteiger partial charge in [0.05, 0.1) is 17.7 Å². The first kappa shape index (κ1) is 18.7. The molecule has 0 bridgehead atoms. The molecule has 0 unspecified atom stereocenters. The summed E-state index contributed by atoms with van der Waals surface area (Å²) in [5.74, 6) is 0.156. The van der Waals surface area contributed by atoms with Crippen molar-refractivity contribution < 1.29 is 17.9 Å². The number of benzene rings is 2. The molecule has 0 atom stereocenters. The minimum atomic E-state index is -3.85. The number of amides is 1. The fourth-order valence-corrected chi connectivity index (χ4v) is 3.82. The quantitative estimate of drug-likeness (QED) is 0.732. The molecule has 1 heterocycles. The molecule has 6 nitrogen and oxygen atoms in total. The number of ether oxygens (including phenoxy) is 1. The molecule has 7 heteroatoms. The number of nitrogens with one attached hydrogen (secondary N) is 1. The third kappa shape index (κ3) is 4.03. The molecule has 3 aromatic rings. The van der Waals surface area contributed by atoms with Crippen LogP contribution in [-0.2, 0) is 14.8 Å². The molecule has 0 aliphatic rings. The number of rotatable bonds is 5. The van der Waals surface area contributed by atoms with Crippen molar-refractivity contribution in [2.75, 3.05) is 7.11 Å². The van der Waals surface area contributed by atoms with Crippen LogP contribution in [0.1, 0.15) is 12.5 Å². The molecule has 0 aliphatic carbocycles. The van der Waals surface area contributed by atoms with Gasteiger partial charge in [-0.15, -0.1) is 0 Å². The maximum atomic E-state index is 12.1. The van der Waals surface area contributed by atoms with Gasteiger partial charge in [0.2, 0.25) is 5.91 Å². The molecule has 0 saturated carbocycles. The third-order valence-corrected chi connectivity index (χ3v) is 5.49. The number of carbonyl (C=O) groups excluding carboxylic acids is 1. The standard InChI is InChI=1S/C20H20N2O4S/c1-14-12-20(16-4-8-18(26-3)9-5-16)22(13-14)17-6-10-19(11-7-17)27(24,25)21-15(2)23/h4-13H,1-3H3,(H,21,23). The molecular weight excluding hydrogens is 364 g/mol. The number of aryl methyl sites for hydroxylation is 1. The SMILES string of the molecule is COc1ccc(-c2cc(C)cn2-c2ccc(S(=O)(=O)NC(C)=O)cc2)cc1. The number of carbonyl (C=O) groups is 1. The van der Waals surface area contributed by atoms with Crippen LogP contribution in [0.4, 0.5) is 0 Å². The molecular formula is C20H20N2O4S. The van der Waals surface area contributed by atoms with Crippen LogP contribution in [0.25, 0.3) is 16.9 Å². The van der Waals surface area contributed by atoms with Gasteiger partial charge in [-0.05, 0) is 72.6 Å². The fourth-order valence-electron chi connectivity index (χ4n) is 2.83. The Labute approximate surface area is 158 Å². The van der Waals surface area contributed by atoms with E-state index in [0.29, 0.717) is 0 Å². The van der Waals surface area contributed by atoms with Crippen molar-refractivity contribution in [1.29, 1.82) is 0 Å². The Bertz CT molecular complexity index is 1070. The number of hydrogen-bond donors (Lipinski definition) is 1. The van der Waals surface area contributed by atoms with Crippen molar-refractivity contribution >= 4 is 15.9 Å². The van der Waals surface area contributed by atoms with Gasteiger partial charge >= 0.3 is 0 Å². The highest BCUT2D eigenvalue weighted by Gasteiger charge is 2.16. The van der Waals surface area contributed by atoms with Gasteiger partial charge in [0, 0.05) is 18.8 Å². The number of nitrogens with zero attached hydrogens (tertiary/aromatic N) is 1. The average molecular weight is 384 g/mol. The van der Waals surface area contributed by atoms with Crippen LogP contribution in [0, 0.1) is 6.92 Å². The highest BCUT2D eigenvalue weighted by atomic mass is 32.2. The summed E-state index contributed by atoms with van der Waals surface area (Å²) >= 11 is 0. The molecule has 0 saturated heterocycles. The Balaban J connectivity index is 1.99. The maximum absolute atomic E-state index is 12.1. The zero-order chi connectivity index (χ0) is 19.6. The third-order valence-electron chi connectivity index (χ3n) is 4.05. The van der Waals surface area contributed by atoms with Crippen molar-refractivity contribution in [3.63, 3.8) is 0 Å². The van der Waals surface area contributed by atoms with E-state index in [1.165, 1.54) is 12.1 Å². The molecule has 0 fully saturated rings. The van der Waals surface area contributed by atoms with Crippen LogP contribution in [0.15, 0.2) is 65.7 Å². The summed E-state index contributed by atoms with van der Waals surface area (Å²) in [6, 6.07) is 16.2.